The van der Waals surface area contributed by atoms with Crippen LogP contribution in [-0.4, -0.2) is 28.0 Å². The number of ether oxygens (including phenoxy) is 1. The maximum absolute atomic E-state index is 9.40. The third kappa shape index (κ3) is 2.36. The average Bonchev–Trinajstić information content (AvgIpc) is 3.01. The summed E-state index contributed by atoms with van der Waals surface area (Å²) in [5.41, 5.74) is 0.748. The normalized spacial score (nSPS) is 19.2. The predicted molar refractivity (Wildman–Crippen MR) is 64.1 cm³/mol. The van der Waals surface area contributed by atoms with Crippen LogP contribution in [0.4, 0.5) is 0 Å². The molecular formula is C13H14N2O3. The molecule has 2 aromatic rings. The van der Waals surface area contributed by atoms with Crippen LogP contribution < -0.4 is 0 Å². The van der Waals surface area contributed by atoms with E-state index in [1.54, 1.807) is 18.2 Å². The molecule has 1 unspecified atom stereocenters. The van der Waals surface area contributed by atoms with Crippen molar-refractivity contribution in [1.29, 1.82) is 0 Å². The summed E-state index contributed by atoms with van der Waals surface area (Å²) < 4.78 is 10.7. The lowest BCUT2D eigenvalue weighted by Gasteiger charge is -2.03. The van der Waals surface area contributed by atoms with Crippen LogP contribution in [0.1, 0.15) is 18.7 Å². The third-order valence-electron chi connectivity index (χ3n) is 3.00. The maximum atomic E-state index is 9.40. The zero-order valence-corrected chi connectivity index (χ0v) is 9.87. The molecule has 5 heteroatoms. The van der Waals surface area contributed by atoms with Crippen molar-refractivity contribution in [3.63, 3.8) is 0 Å². The van der Waals surface area contributed by atoms with Crippen LogP contribution in [0.5, 0.6) is 5.75 Å². The number of nitrogens with zero attached hydrogens (tertiary/aromatic N) is 2. The van der Waals surface area contributed by atoms with E-state index in [0.717, 1.165) is 25.0 Å². The average molecular weight is 246 g/mol. The van der Waals surface area contributed by atoms with Gasteiger partial charge in [-0.1, -0.05) is 17.3 Å². The van der Waals surface area contributed by atoms with Gasteiger partial charge in [0.25, 0.3) is 0 Å². The van der Waals surface area contributed by atoms with Gasteiger partial charge in [0.2, 0.25) is 11.7 Å². The Morgan fingerprint density at radius 2 is 2.33 bits per heavy atom. The van der Waals surface area contributed by atoms with Gasteiger partial charge in [-0.3, -0.25) is 0 Å². The standard InChI is InChI=1S/C13H14N2O3/c16-10-4-1-3-9(7-10)13-14-12(18-15-13)8-11-5-2-6-17-11/h1,3-4,7,11,16H,2,5-6,8H2. The third-order valence-corrected chi connectivity index (χ3v) is 3.00. The summed E-state index contributed by atoms with van der Waals surface area (Å²) in [6, 6.07) is 6.80. The topological polar surface area (TPSA) is 68.4 Å². The Bertz CT molecular complexity index is 533. The molecule has 1 atom stereocenters. The molecule has 0 radical (unpaired) electrons. The Balaban J connectivity index is 1.76. The van der Waals surface area contributed by atoms with E-state index in [2.05, 4.69) is 10.1 Å². The van der Waals surface area contributed by atoms with Crippen LogP contribution in [0.2, 0.25) is 0 Å². The SMILES string of the molecule is Oc1cccc(-c2noc(CC3CCCO3)n2)c1. The summed E-state index contributed by atoms with van der Waals surface area (Å²) in [5, 5.41) is 13.3. The number of benzene rings is 1. The molecule has 1 saturated heterocycles. The molecule has 1 N–H and O–H groups in total. The van der Waals surface area contributed by atoms with Crippen molar-refractivity contribution in [3.8, 4) is 17.1 Å². The Hall–Kier alpha value is -1.88. The van der Waals surface area contributed by atoms with Crippen molar-refractivity contribution in [2.75, 3.05) is 6.61 Å². The molecule has 94 valence electrons. The van der Waals surface area contributed by atoms with Gasteiger partial charge in [-0.25, -0.2) is 0 Å². The van der Waals surface area contributed by atoms with E-state index in [1.807, 2.05) is 6.07 Å². The summed E-state index contributed by atoms with van der Waals surface area (Å²) in [5.74, 6) is 1.28. The minimum Gasteiger partial charge on any atom is -0.508 e. The second kappa shape index (κ2) is 4.78. The zero-order chi connectivity index (χ0) is 12.4. The highest BCUT2D eigenvalue weighted by molar-refractivity contribution is 5.56. The first-order chi connectivity index (χ1) is 8.81. The minimum absolute atomic E-state index is 0.193. The van der Waals surface area contributed by atoms with Crippen molar-refractivity contribution >= 4 is 0 Å². The first kappa shape index (κ1) is 11.2. The number of rotatable bonds is 3. The molecule has 0 spiro atoms. The molecule has 5 nitrogen and oxygen atoms in total. The lowest BCUT2D eigenvalue weighted by atomic mass is 10.2. The van der Waals surface area contributed by atoms with Crippen molar-refractivity contribution in [3.05, 3.63) is 30.2 Å². The highest BCUT2D eigenvalue weighted by Gasteiger charge is 2.19. The van der Waals surface area contributed by atoms with Crippen molar-refractivity contribution < 1.29 is 14.4 Å². The summed E-state index contributed by atoms with van der Waals surface area (Å²) >= 11 is 0. The molecule has 2 heterocycles. The zero-order valence-electron chi connectivity index (χ0n) is 9.87. The molecule has 1 fully saturated rings. The first-order valence-corrected chi connectivity index (χ1v) is 6.05. The molecule has 0 saturated carbocycles. The smallest absolute Gasteiger partial charge is 0.229 e. The number of hydrogen-bond acceptors (Lipinski definition) is 5. The van der Waals surface area contributed by atoms with Crippen LogP contribution >= 0.6 is 0 Å². The second-order valence-electron chi connectivity index (χ2n) is 4.40. The monoisotopic (exact) mass is 246 g/mol. The van der Waals surface area contributed by atoms with Crippen LogP contribution in [-0.2, 0) is 11.2 Å². The fraction of sp³-hybridized carbons (Fsp3) is 0.385. The molecule has 1 aromatic heterocycles. The molecule has 0 bridgehead atoms. The van der Waals surface area contributed by atoms with Gasteiger partial charge in [0.1, 0.15) is 5.75 Å². The molecule has 1 aliphatic heterocycles. The van der Waals surface area contributed by atoms with Crippen LogP contribution in [0, 0.1) is 0 Å². The predicted octanol–water partition coefficient (Wildman–Crippen LogP) is 2.16. The van der Waals surface area contributed by atoms with Gasteiger partial charge in [0, 0.05) is 12.2 Å². The van der Waals surface area contributed by atoms with E-state index in [-0.39, 0.29) is 11.9 Å². The van der Waals surface area contributed by atoms with Gasteiger partial charge in [-0.05, 0) is 25.0 Å². The number of aromatic hydroxyl groups is 1. The van der Waals surface area contributed by atoms with E-state index < -0.39 is 0 Å². The number of hydrogen-bond donors (Lipinski definition) is 1. The fourth-order valence-electron chi connectivity index (χ4n) is 2.10. The van der Waals surface area contributed by atoms with E-state index >= 15 is 0 Å². The quantitative estimate of drug-likeness (QED) is 0.898. The van der Waals surface area contributed by atoms with Gasteiger partial charge in [-0.15, -0.1) is 0 Å². The number of phenolic OH excluding ortho intramolecular Hbond substituents is 1. The molecular weight excluding hydrogens is 232 g/mol. The molecule has 1 aromatic carbocycles. The highest BCUT2D eigenvalue weighted by atomic mass is 16.5. The Morgan fingerprint density at radius 3 is 3.11 bits per heavy atom. The molecule has 1 aliphatic rings. The lowest BCUT2D eigenvalue weighted by molar-refractivity contribution is 0.104. The molecule has 0 amide bonds. The van der Waals surface area contributed by atoms with Crippen LogP contribution in [0.15, 0.2) is 28.8 Å². The van der Waals surface area contributed by atoms with Gasteiger partial charge < -0.3 is 14.4 Å². The second-order valence-corrected chi connectivity index (χ2v) is 4.40. The van der Waals surface area contributed by atoms with Crippen LogP contribution in [0.3, 0.4) is 0 Å². The Morgan fingerprint density at radius 1 is 1.39 bits per heavy atom. The van der Waals surface area contributed by atoms with Crippen LogP contribution in [0.25, 0.3) is 11.4 Å². The van der Waals surface area contributed by atoms with E-state index in [9.17, 15) is 5.11 Å². The lowest BCUT2D eigenvalue weighted by Crippen LogP contribution is -2.08. The molecule has 3 rings (SSSR count). The van der Waals surface area contributed by atoms with Gasteiger partial charge in [0.05, 0.1) is 12.5 Å². The first-order valence-electron chi connectivity index (χ1n) is 6.05. The fourth-order valence-corrected chi connectivity index (χ4v) is 2.10. The Kier molecular flexibility index (Phi) is 2.98. The van der Waals surface area contributed by atoms with Crippen molar-refractivity contribution in [2.24, 2.45) is 0 Å². The summed E-state index contributed by atoms with van der Waals surface area (Å²) in [7, 11) is 0. The van der Waals surface area contributed by atoms with Gasteiger partial charge in [0.15, 0.2) is 0 Å². The number of phenols is 1. The Labute approximate surface area is 104 Å². The number of aromatic nitrogens is 2. The maximum Gasteiger partial charge on any atom is 0.229 e. The van der Waals surface area contributed by atoms with Crippen molar-refractivity contribution in [2.45, 2.75) is 25.4 Å². The summed E-state index contributed by atoms with van der Waals surface area (Å²) in [4.78, 5) is 4.32. The van der Waals surface area contributed by atoms with Gasteiger partial charge >= 0.3 is 0 Å². The summed E-state index contributed by atoms with van der Waals surface area (Å²) in [6.07, 6.45) is 3.00. The highest BCUT2D eigenvalue weighted by Crippen LogP contribution is 2.22. The van der Waals surface area contributed by atoms with Gasteiger partial charge in [-0.2, -0.15) is 4.98 Å². The molecule has 0 aliphatic carbocycles. The van der Waals surface area contributed by atoms with E-state index in [0.29, 0.717) is 18.1 Å². The summed E-state index contributed by atoms with van der Waals surface area (Å²) in [6.45, 7) is 0.818. The largest absolute Gasteiger partial charge is 0.508 e. The van der Waals surface area contributed by atoms with Crippen molar-refractivity contribution in [1.82, 2.24) is 10.1 Å². The van der Waals surface area contributed by atoms with E-state index in [1.165, 1.54) is 0 Å². The van der Waals surface area contributed by atoms with E-state index in [4.69, 9.17) is 9.26 Å². The molecule has 18 heavy (non-hydrogen) atoms. The minimum atomic E-state index is 0.193.